The highest BCUT2D eigenvalue weighted by molar-refractivity contribution is 5.97. The van der Waals surface area contributed by atoms with Crippen molar-refractivity contribution in [2.75, 3.05) is 23.4 Å². The molecular formula is C23H28N2O3. The highest BCUT2D eigenvalue weighted by atomic mass is 16.5. The Labute approximate surface area is 166 Å². The number of anilines is 2. The molecule has 2 aromatic rings. The monoisotopic (exact) mass is 380 g/mol. The fourth-order valence-electron chi connectivity index (χ4n) is 3.35. The summed E-state index contributed by atoms with van der Waals surface area (Å²) < 4.78 is 5.60. The fourth-order valence-corrected chi connectivity index (χ4v) is 3.35. The zero-order valence-electron chi connectivity index (χ0n) is 16.9. The predicted molar refractivity (Wildman–Crippen MR) is 112 cm³/mol. The van der Waals surface area contributed by atoms with E-state index in [4.69, 9.17) is 4.74 Å². The van der Waals surface area contributed by atoms with Crippen molar-refractivity contribution in [3.8, 4) is 5.75 Å². The van der Waals surface area contributed by atoms with Gasteiger partial charge in [0.1, 0.15) is 5.75 Å². The van der Waals surface area contributed by atoms with Crippen LogP contribution in [0.3, 0.4) is 0 Å². The van der Waals surface area contributed by atoms with Crippen LogP contribution in [0.1, 0.15) is 42.9 Å². The Bertz CT molecular complexity index is 876. The Morgan fingerprint density at radius 1 is 1.11 bits per heavy atom. The first-order valence-electron chi connectivity index (χ1n) is 9.91. The summed E-state index contributed by atoms with van der Waals surface area (Å²) in [6.45, 7) is 6.88. The maximum absolute atomic E-state index is 12.3. The lowest BCUT2D eigenvalue weighted by Crippen LogP contribution is -2.35. The predicted octanol–water partition coefficient (Wildman–Crippen LogP) is 4.40. The quantitative estimate of drug-likeness (QED) is 0.774. The second kappa shape index (κ2) is 8.91. The van der Waals surface area contributed by atoms with Gasteiger partial charge >= 0.3 is 0 Å². The molecule has 1 aliphatic rings. The largest absolute Gasteiger partial charge is 0.484 e. The van der Waals surface area contributed by atoms with E-state index in [1.807, 2.05) is 55.1 Å². The average Bonchev–Trinajstić information content (AvgIpc) is 2.68. The summed E-state index contributed by atoms with van der Waals surface area (Å²) in [6, 6.07) is 11.5. The first-order valence-corrected chi connectivity index (χ1v) is 9.91. The molecule has 0 fully saturated rings. The smallest absolute Gasteiger partial charge is 0.262 e. The van der Waals surface area contributed by atoms with Gasteiger partial charge in [0.05, 0.1) is 0 Å². The second-order valence-electron chi connectivity index (χ2n) is 7.33. The number of carbonyl (C=O) groups is 2. The van der Waals surface area contributed by atoms with E-state index in [0.717, 1.165) is 41.9 Å². The van der Waals surface area contributed by atoms with Crippen LogP contribution < -0.4 is 15.0 Å². The molecule has 0 saturated heterocycles. The van der Waals surface area contributed by atoms with Crippen LogP contribution in [0, 0.1) is 13.8 Å². The summed E-state index contributed by atoms with van der Waals surface area (Å²) >= 11 is 0. The van der Waals surface area contributed by atoms with Crippen LogP contribution in [0.4, 0.5) is 11.4 Å². The molecule has 5 nitrogen and oxygen atoms in total. The van der Waals surface area contributed by atoms with Gasteiger partial charge in [-0.25, -0.2) is 0 Å². The first-order chi connectivity index (χ1) is 13.5. The van der Waals surface area contributed by atoms with Crippen LogP contribution in [0.5, 0.6) is 5.75 Å². The van der Waals surface area contributed by atoms with E-state index in [-0.39, 0.29) is 18.4 Å². The van der Waals surface area contributed by atoms with Gasteiger partial charge in [0, 0.05) is 24.3 Å². The lowest BCUT2D eigenvalue weighted by atomic mass is 10.00. The Morgan fingerprint density at radius 2 is 1.93 bits per heavy atom. The van der Waals surface area contributed by atoms with E-state index >= 15 is 0 Å². The van der Waals surface area contributed by atoms with Gasteiger partial charge in [-0.3, -0.25) is 9.59 Å². The van der Waals surface area contributed by atoms with Crippen molar-refractivity contribution >= 4 is 23.2 Å². The molecule has 1 heterocycles. The lowest BCUT2D eigenvalue weighted by molar-refractivity contribution is -0.119. The van der Waals surface area contributed by atoms with Gasteiger partial charge in [-0.2, -0.15) is 0 Å². The summed E-state index contributed by atoms with van der Waals surface area (Å²) in [7, 11) is 0. The molecule has 148 valence electrons. The topological polar surface area (TPSA) is 58.6 Å². The Kier molecular flexibility index (Phi) is 6.34. The molecular weight excluding hydrogens is 352 g/mol. The SMILES string of the molecule is CCCCN1C(=O)CCc2cc(NC(=O)COc3ccc(C)c(C)c3)ccc21. The molecule has 28 heavy (non-hydrogen) atoms. The van der Waals surface area contributed by atoms with Crippen LogP contribution in [-0.2, 0) is 16.0 Å². The molecule has 0 unspecified atom stereocenters. The van der Waals surface area contributed by atoms with Crippen LogP contribution in [-0.4, -0.2) is 25.0 Å². The zero-order chi connectivity index (χ0) is 20.1. The number of nitrogens with one attached hydrogen (secondary N) is 1. The number of nitrogens with zero attached hydrogens (tertiary/aromatic N) is 1. The van der Waals surface area contributed by atoms with Crippen molar-refractivity contribution in [3.63, 3.8) is 0 Å². The number of aryl methyl sites for hydroxylation is 3. The maximum Gasteiger partial charge on any atom is 0.262 e. The molecule has 0 aromatic heterocycles. The van der Waals surface area contributed by atoms with Gasteiger partial charge in [0.25, 0.3) is 5.91 Å². The first kappa shape index (κ1) is 19.9. The molecule has 5 heteroatoms. The summed E-state index contributed by atoms with van der Waals surface area (Å²) in [5.41, 5.74) is 5.13. The van der Waals surface area contributed by atoms with E-state index < -0.39 is 0 Å². The number of rotatable bonds is 7. The number of amides is 2. The van der Waals surface area contributed by atoms with Crippen molar-refractivity contribution in [2.45, 2.75) is 46.5 Å². The molecule has 0 saturated carbocycles. The third-order valence-corrected chi connectivity index (χ3v) is 5.15. The van der Waals surface area contributed by atoms with Crippen molar-refractivity contribution in [2.24, 2.45) is 0 Å². The Hall–Kier alpha value is -2.82. The standard InChI is InChI=1S/C23H28N2O3/c1-4-5-12-25-21-10-8-19(14-18(21)7-11-23(25)27)24-22(26)15-28-20-9-6-16(2)17(3)13-20/h6,8-10,13-14H,4-5,7,11-12,15H2,1-3H3,(H,24,26). The van der Waals surface area contributed by atoms with Crippen molar-refractivity contribution in [3.05, 3.63) is 53.1 Å². The van der Waals surface area contributed by atoms with Crippen LogP contribution >= 0.6 is 0 Å². The van der Waals surface area contributed by atoms with Crippen LogP contribution in [0.15, 0.2) is 36.4 Å². The fraction of sp³-hybridized carbons (Fsp3) is 0.391. The van der Waals surface area contributed by atoms with E-state index in [1.165, 1.54) is 5.56 Å². The average molecular weight is 380 g/mol. The van der Waals surface area contributed by atoms with Gasteiger partial charge in [-0.15, -0.1) is 0 Å². The molecule has 0 bridgehead atoms. The highest BCUT2D eigenvalue weighted by Crippen LogP contribution is 2.30. The van der Waals surface area contributed by atoms with Gasteiger partial charge in [0.2, 0.25) is 5.91 Å². The van der Waals surface area contributed by atoms with Crippen LogP contribution in [0.2, 0.25) is 0 Å². The van der Waals surface area contributed by atoms with Crippen molar-refractivity contribution in [1.29, 1.82) is 0 Å². The van der Waals surface area contributed by atoms with Gasteiger partial charge in [-0.1, -0.05) is 19.4 Å². The van der Waals surface area contributed by atoms with Crippen LogP contribution in [0.25, 0.3) is 0 Å². The van der Waals surface area contributed by atoms with Crippen molar-refractivity contribution < 1.29 is 14.3 Å². The van der Waals surface area contributed by atoms with Gasteiger partial charge in [-0.05, 0) is 73.7 Å². The highest BCUT2D eigenvalue weighted by Gasteiger charge is 2.23. The summed E-state index contributed by atoms with van der Waals surface area (Å²) in [4.78, 5) is 26.4. The van der Waals surface area contributed by atoms with Gasteiger partial charge < -0.3 is 15.0 Å². The van der Waals surface area contributed by atoms with E-state index in [9.17, 15) is 9.59 Å². The number of unbranched alkanes of at least 4 members (excludes halogenated alkanes) is 1. The Morgan fingerprint density at radius 3 is 2.68 bits per heavy atom. The van der Waals surface area contributed by atoms with E-state index in [1.54, 1.807) is 0 Å². The molecule has 3 rings (SSSR count). The molecule has 1 N–H and O–H groups in total. The number of benzene rings is 2. The summed E-state index contributed by atoms with van der Waals surface area (Å²) in [6.07, 6.45) is 3.26. The number of fused-ring (bicyclic) bond motifs is 1. The Balaban J connectivity index is 1.62. The zero-order valence-corrected chi connectivity index (χ0v) is 16.9. The summed E-state index contributed by atoms with van der Waals surface area (Å²) in [5.74, 6) is 0.668. The number of hydrogen-bond acceptors (Lipinski definition) is 3. The minimum Gasteiger partial charge on any atom is -0.484 e. The molecule has 2 amide bonds. The number of carbonyl (C=O) groups excluding carboxylic acids is 2. The molecule has 0 atom stereocenters. The minimum atomic E-state index is -0.201. The molecule has 1 aliphatic heterocycles. The van der Waals surface area contributed by atoms with E-state index in [0.29, 0.717) is 18.6 Å². The lowest BCUT2D eigenvalue weighted by Gasteiger charge is -2.29. The molecule has 2 aromatic carbocycles. The van der Waals surface area contributed by atoms with Gasteiger partial charge in [0.15, 0.2) is 6.61 Å². The maximum atomic E-state index is 12.3. The minimum absolute atomic E-state index is 0.0410. The molecule has 0 aliphatic carbocycles. The normalized spacial score (nSPS) is 13.2. The number of hydrogen-bond donors (Lipinski definition) is 1. The second-order valence-corrected chi connectivity index (χ2v) is 7.33. The number of ether oxygens (including phenoxy) is 1. The molecule has 0 spiro atoms. The van der Waals surface area contributed by atoms with Crippen molar-refractivity contribution in [1.82, 2.24) is 0 Å². The third-order valence-electron chi connectivity index (χ3n) is 5.15. The third kappa shape index (κ3) is 4.71. The molecule has 0 radical (unpaired) electrons. The summed E-state index contributed by atoms with van der Waals surface area (Å²) in [5, 5.41) is 2.89. The van der Waals surface area contributed by atoms with E-state index in [2.05, 4.69) is 12.2 Å².